The second-order valence-corrected chi connectivity index (χ2v) is 6.34. The number of anilines is 2. The van der Waals surface area contributed by atoms with E-state index in [1.807, 2.05) is 32.0 Å². The number of nitrogens with one attached hydrogen (secondary N) is 3. The summed E-state index contributed by atoms with van der Waals surface area (Å²) in [6, 6.07) is 10.5. The second-order valence-electron chi connectivity index (χ2n) is 6.34. The third-order valence-corrected chi connectivity index (χ3v) is 4.04. The second kappa shape index (κ2) is 9.52. The number of carbonyl (C=O) groups is 3. The van der Waals surface area contributed by atoms with Gasteiger partial charge in [0.2, 0.25) is 5.91 Å². The van der Waals surface area contributed by atoms with Crippen LogP contribution in [0.15, 0.2) is 42.5 Å². The molecule has 1 atom stereocenters. The van der Waals surface area contributed by atoms with E-state index in [2.05, 4.69) is 16.0 Å². The van der Waals surface area contributed by atoms with Crippen LogP contribution in [0.1, 0.15) is 21.5 Å². The van der Waals surface area contributed by atoms with Crippen LogP contribution in [0.5, 0.6) is 0 Å². The Labute approximate surface area is 162 Å². The van der Waals surface area contributed by atoms with Crippen molar-refractivity contribution in [2.24, 2.45) is 0 Å². The summed E-state index contributed by atoms with van der Waals surface area (Å²) in [5.41, 5.74) is 3.78. The van der Waals surface area contributed by atoms with Crippen LogP contribution in [-0.2, 0) is 9.59 Å². The highest BCUT2D eigenvalue weighted by molar-refractivity contribution is 5.98. The molecule has 0 saturated carbocycles. The first kappa shape index (κ1) is 20.9. The highest BCUT2D eigenvalue weighted by atomic mass is 16.4. The van der Waals surface area contributed by atoms with E-state index in [4.69, 9.17) is 10.2 Å². The van der Waals surface area contributed by atoms with Gasteiger partial charge < -0.3 is 26.2 Å². The van der Waals surface area contributed by atoms with Gasteiger partial charge in [0.05, 0.1) is 13.2 Å². The van der Waals surface area contributed by atoms with Crippen LogP contribution in [0.2, 0.25) is 0 Å². The smallest absolute Gasteiger partial charge is 0.328 e. The number of hydrogen-bond acceptors (Lipinski definition) is 5. The summed E-state index contributed by atoms with van der Waals surface area (Å²) in [5.74, 6) is -2.20. The molecule has 2 aromatic rings. The average Bonchev–Trinajstić information content (AvgIpc) is 2.65. The van der Waals surface area contributed by atoms with Gasteiger partial charge in [-0.05, 0) is 49.7 Å². The van der Waals surface area contributed by atoms with Gasteiger partial charge in [-0.2, -0.15) is 0 Å². The Balaban J connectivity index is 1.90. The molecule has 2 rings (SSSR count). The van der Waals surface area contributed by atoms with Crippen molar-refractivity contribution in [1.29, 1.82) is 0 Å². The van der Waals surface area contributed by atoms with Crippen LogP contribution in [0.25, 0.3) is 0 Å². The van der Waals surface area contributed by atoms with E-state index in [9.17, 15) is 14.4 Å². The largest absolute Gasteiger partial charge is 0.480 e. The zero-order valence-corrected chi connectivity index (χ0v) is 15.7. The highest BCUT2D eigenvalue weighted by Gasteiger charge is 2.19. The summed E-state index contributed by atoms with van der Waals surface area (Å²) in [5, 5.41) is 25.8. The number of carboxylic acid groups (broad SMARTS) is 1. The first-order chi connectivity index (χ1) is 13.3. The quantitative estimate of drug-likeness (QED) is 0.469. The van der Waals surface area contributed by atoms with Crippen LogP contribution in [-0.4, -0.2) is 47.2 Å². The average molecular weight is 385 g/mol. The van der Waals surface area contributed by atoms with Crippen molar-refractivity contribution < 1.29 is 24.6 Å². The van der Waals surface area contributed by atoms with E-state index in [1.165, 1.54) is 12.1 Å². The number of rotatable bonds is 8. The molecule has 8 nitrogen and oxygen atoms in total. The van der Waals surface area contributed by atoms with E-state index in [0.717, 1.165) is 16.8 Å². The normalized spacial score (nSPS) is 11.4. The third-order valence-electron chi connectivity index (χ3n) is 4.04. The Morgan fingerprint density at radius 1 is 1.04 bits per heavy atom. The van der Waals surface area contributed by atoms with E-state index in [-0.39, 0.29) is 18.0 Å². The van der Waals surface area contributed by atoms with Crippen LogP contribution in [0, 0.1) is 13.8 Å². The molecule has 1 unspecified atom stereocenters. The number of aliphatic carboxylic acids is 1. The Kier molecular flexibility index (Phi) is 7.11. The summed E-state index contributed by atoms with van der Waals surface area (Å²) in [4.78, 5) is 34.9. The number of aliphatic hydroxyl groups is 1. The summed E-state index contributed by atoms with van der Waals surface area (Å²) in [6.45, 7) is 3.34. The lowest BCUT2D eigenvalue weighted by Crippen LogP contribution is -2.43. The van der Waals surface area contributed by atoms with Crippen molar-refractivity contribution in [2.75, 3.05) is 23.8 Å². The summed E-state index contributed by atoms with van der Waals surface area (Å²) in [6.07, 6.45) is 0. The molecule has 0 fully saturated rings. The van der Waals surface area contributed by atoms with Gasteiger partial charge in [-0.25, -0.2) is 4.79 Å². The lowest BCUT2D eigenvalue weighted by molar-refractivity contribution is -0.140. The van der Waals surface area contributed by atoms with Crippen LogP contribution < -0.4 is 16.0 Å². The maximum atomic E-state index is 12.1. The van der Waals surface area contributed by atoms with Crippen LogP contribution >= 0.6 is 0 Å². The minimum Gasteiger partial charge on any atom is -0.480 e. The zero-order chi connectivity index (χ0) is 20.7. The fourth-order valence-corrected chi connectivity index (χ4v) is 2.52. The van der Waals surface area contributed by atoms with Crippen molar-refractivity contribution in [3.63, 3.8) is 0 Å². The fourth-order valence-electron chi connectivity index (χ4n) is 2.52. The number of carboxylic acids is 1. The topological polar surface area (TPSA) is 128 Å². The van der Waals surface area contributed by atoms with Crippen molar-refractivity contribution in [3.05, 3.63) is 59.2 Å². The van der Waals surface area contributed by atoms with Gasteiger partial charge in [0.15, 0.2) is 6.04 Å². The van der Waals surface area contributed by atoms with E-state index in [1.54, 1.807) is 12.1 Å². The first-order valence-corrected chi connectivity index (χ1v) is 8.65. The molecule has 0 aliphatic carbocycles. The number of aryl methyl sites for hydroxylation is 2. The van der Waals surface area contributed by atoms with Gasteiger partial charge in [-0.15, -0.1) is 0 Å². The van der Waals surface area contributed by atoms with Gasteiger partial charge in [-0.3, -0.25) is 9.59 Å². The molecule has 2 amide bonds. The van der Waals surface area contributed by atoms with Crippen molar-refractivity contribution >= 4 is 29.2 Å². The standard InChI is InChI=1S/C20H23N3O5/c1-12-3-8-16(13(2)9-12)21-10-18(25)22-15-6-4-14(5-7-15)19(26)23-17(11-24)20(27)28/h3-9,17,21,24H,10-11H2,1-2H3,(H,22,25)(H,23,26)(H,27,28). The number of hydrogen-bond donors (Lipinski definition) is 5. The Bertz CT molecular complexity index is 865. The molecule has 5 N–H and O–H groups in total. The van der Waals surface area contributed by atoms with Crippen molar-refractivity contribution in [3.8, 4) is 0 Å². The molecule has 0 bridgehead atoms. The SMILES string of the molecule is Cc1ccc(NCC(=O)Nc2ccc(C(=O)NC(CO)C(=O)O)cc2)c(C)c1. The first-order valence-electron chi connectivity index (χ1n) is 8.65. The lowest BCUT2D eigenvalue weighted by Gasteiger charge is -2.12. The molecule has 2 aromatic carbocycles. The maximum absolute atomic E-state index is 12.1. The lowest BCUT2D eigenvalue weighted by atomic mass is 10.1. The molecule has 0 radical (unpaired) electrons. The van der Waals surface area contributed by atoms with E-state index in [0.29, 0.717) is 5.69 Å². The Hall–Kier alpha value is -3.39. The molecular formula is C20H23N3O5. The molecule has 0 aromatic heterocycles. The van der Waals surface area contributed by atoms with Gasteiger partial charge in [0.25, 0.3) is 5.91 Å². The number of amides is 2. The number of aliphatic hydroxyl groups excluding tert-OH is 1. The molecule has 8 heteroatoms. The van der Waals surface area contributed by atoms with Gasteiger partial charge in [0.1, 0.15) is 0 Å². The summed E-state index contributed by atoms with van der Waals surface area (Å²) >= 11 is 0. The third kappa shape index (κ3) is 5.82. The zero-order valence-electron chi connectivity index (χ0n) is 15.7. The molecule has 28 heavy (non-hydrogen) atoms. The maximum Gasteiger partial charge on any atom is 0.328 e. The fraction of sp³-hybridized carbons (Fsp3) is 0.250. The van der Waals surface area contributed by atoms with Crippen molar-refractivity contribution in [2.45, 2.75) is 19.9 Å². The predicted octanol–water partition coefficient (Wildman–Crippen LogP) is 1.53. The van der Waals surface area contributed by atoms with Crippen LogP contribution in [0.4, 0.5) is 11.4 Å². The van der Waals surface area contributed by atoms with Crippen molar-refractivity contribution in [1.82, 2.24) is 5.32 Å². The van der Waals surface area contributed by atoms with E-state index < -0.39 is 24.5 Å². The van der Waals surface area contributed by atoms with E-state index >= 15 is 0 Å². The molecule has 0 spiro atoms. The van der Waals surface area contributed by atoms with Crippen LogP contribution in [0.3, 0.4) is 0 Å². The Morgan fingerprint density at radius 2 is 1.71 bits per heavy atom. The molecule has 0 aliphatic heterocycles. The van der Waals surface area contributed by atoms with Gasteiger partial charge in [0, 0.05) is 16.9 Å². The number of carbonyl (C=O) groups excluding carboxylic acids is 2. The number of benzene rings is 2. The summed E-state index contributed by atoms with van der Waals surface area (Å²) in [7, 11) is 0. The monoisotopic (exact) mass is 385 g/mol. The highest BCUT2D eigenvalue weighted by Crippen LogP contribution is 2.16. The minimum atomic E-state index is -1.37. The van der Waals surface area contributed by atoms with Gasteiger partial charge in [-0.1, -0.05) is 17.7 Å². The van der Waals surface area contributed by atoms with Gasteiger partial charge >= 0.3 is 5.97 Å². The molecule has 0 heterocycles. The molecule has 148 valence electrons. The summed E-state index contributed by atoms with van der Waals surface area (Å²) < 4.78 is 0. The molecule has 0 saturated heterocycles. The predicted molar refractivity (Wildman–Crippen MR) is 105 cm³/mol. The molecule has 0 aliphatic rings. The molecular weight excluding hydrogens is 362 g/mol. The Morgan fingerprint density at radius 3 is 2.29 bits per heavy atom. The minimum absolute atomic E-state index is 0.0862.